The van der Waals surface area contributed by atoms with Crippen molar-refractivity contribution in [2.24, 2.45) is 0 Å². The van der Waals surface area contributed by atoms with Crippen LogP contribution in [-0.2, 0) is 0 Å². The van der Waals surface area contributed by atoms with Crippen LogP contribution in [0.5, 0.6) is 5.75 Å². The zero-order chi connectivity index (χ0) is 14.9. The summed E-state index contributed by atoms with van der Waals surface area (Å²) in [6.45, 7) is 0. The van der Waals surface area contributed by atoms with E-state index in [9.17, 15) is 23.1 Å². The number of phenolic OH excluding ortho intramolecular Hbond substituents is 1. The molecule has 104 valence electrons. The molecule has 0 aliphatic rings. The topological polar surface area (TPSA) is 49.3 Å². The van der Waals surface area contributed by atoms with Crippen LogP contribution < -0.4 is 5.32 Å². The molecule has 0 heterocycles. The van der Waals surface area contributed by atoms with Crippen molar-refractivity contribution in [1.29, 1.82) is 0 Å². The smallest absolute Gasteiger partial charge is 0.259 e. The first-order valence-electron chi connectivity index (χ1n) is 5.33. The van der Waals surface area contributed by atoms with Crippen molar-refractivity contribution in [3.63, 3.8) is 0 Å². The average molecular weight is 393 g/mol. The fourth-order valence-electron chi connectivity index (χ4n) is 1.53. The molecule has 0 saturated heterocycles. The second-order valence-corrected chi connectivity index (χ2v) is 5.11. The minimum absolute atomic E-state index is 0.124. The van der Waals surface area contributed by atoms with Gasteiger partial charge in [-0.2, -0.15) is 0 Å². The Balaban J connectivity index is 2.35. The van der Waals surface area contributed by atoms with Crippen LogP contribution in [0.2, 0.25) is 0 Å². The Bertz CT molecular complexity index is 692. The number of halogens is 4. The van der Waals surface area contributed by atoms with E-state index in [1.807, 2.05) is 27.9 Å². The Kier molecular flexibility index (Phi) is 4.17. The number of hydrogen-bond donors (Lipinski definition) is 2. The van der Waals surface area contributed by atoms with E-state index in [1.165, 1.54) is 12.1 Å². The van der Waals surface area contributed by atoms with E-state index in [0.29, 0.717) is 15.7 Å². The fraction of sp³-hybridized carbons (Fsp3) is 0. The van der Waals surface area contributed by atoms with Gasteiger partial charge < -0.3 is 10.4 Å². The number of phenols is 1. The Morgan fingerprint density at radius 2 is 1.85 bits per heavy atom. The highest BCUT2D eigenvalue weighted by Crippen LogP contribution is 2.23. The minimum atomic E-state index is -1.41. The van der Waals surface area contributed by atoms with Crippen LogP contribution in [0.1, 0.15) is 10.4 Å². The molecule has 2 aromatic carbocycles. The molecular weight excluding hydrogens is 386 g/mol. The molecule has 1 amide bonds. The van der Waals surface area contributed by atoms with E-state index in [1.54, 1.807) is 6.07 Å². The number of carbonyl (C=O) groups is 1. The van der Waals surface area contributed by atoms with Crippen LogP contribution in [0.15, 0.2) is 30.3 Å². The lowest BCUT2D eigenvalue weighted by Crippen LogP contribution is -2.14. The number of benzene rings is 2. The van der Waals surface area contributed by atoms with Gasteiger partial charge in [0.15, 0.2) is 11.6 Å². The lowest BCUT2D eigenvalue weighted by Gasteiger charge is -2.09. The van der Waals surface area contributed by atoms with Crippen molar-refractivity contribution in [3.8, 4) is 5.75 Å². The molecule has 0 bridgehead atoms. The predicted octanol–water partition coefficient (Wildman–Crippen LogP) is 3.67. The van der Waals surface area contributed by atoms with Crippen LogP contribution in [0.4, 0.5) is 18.9 Å². The predicted molar refractivity (Wildman–Crippen MR) is 75.1 cm³/mol. The highest BCUT2D eigenvalue weighted by Gasteiger charge is 2.17. The number of nitrogens with one attached hydrogen (secondary N) is 1. The first kappa shape index (κ1) is 14.6. The Labute approximate surface area is 125 Å². The van der Waals surface area contributed by atoms with Gasteiger partial charge in [-0.05, 0) is 40.8 Å². The maximum atomic E-state index is 13.4. The minimum Gasteiger partial charge on any atom is -0.507 e. The third-order valence-corrected chi connectivity index (χ3v) is 3.12. The summed E-state index contributed by atoms with van der Waals surface area (Å²) in [6.07, 6.45) is 0. The molecule has 7 heteroatoms. The number of hydrogen-bond acceptors (Lipinski definition) is 2. The van der Waals surface area contributed by atoms with Gasteiger partial charge in [0.05, 0.1) is 11.3 Å². The van der Waals surface area contributed by atoms with E-state index in [-0.39, 0.29) is 11.3 Å². The van der Waals surface area contributed by atoms with Gasteiger partial charge in [-0.3, -0.25) is 4.79 Å². The van der Waals surface area contributed by atoms with Crippen LogP contribution in [0.3, 0.4) is 0 Å². The number of carbonyl (C=O) groups excluding carboxylic acids is 1. The number of aromatic hydroxyl groups is 1. The van der Waals surface area contributed by atoms with Gasteiger partial charge in [0.25, 0.3) is 5.91 Å². The summed E-state index contributed by atoms with van der Waals surface area (Å²) in [5, 5.41) is 11.6. The summed E-state index contributed by atoms with van der Waals surface area (Å²) in [4.78, 5) is 11.9. The molecule has 2 N–H and O–H groups in total. The normalized spacial score (nSPS) is 10.4. The van der Waals surface area contributed by atoms with Crippen molar-refractivity contribution < 1.29 is 23.1 Å². The lowest BCUT2D eigenvalue weighted by molar-refractivity contribution is 0.102. The van der Waals surface area contributed by atoms with Crippen molar-refractivity contribution >= 4 is 34.2 Å². The molecule has 2 aromatic rings. The van der Waals surface area contributed by atoms with E-state index in [4.69, 9.17) is 0 Å². The summed E-state index contributed by atoms with van der Waals surface area (Å²) in [5.41, 5.74) is -0.758. The molecule has 20 heavy (non-hydrogen) atoms. The van der Waals surface area contributed by atoms with Gasteiger partial charge in [-0.25, -0.2) is 13.2 Å². The van der Waals surface area contributed by atoms with Gasteiger partial charge in [0.2, 0.25) is 0 Å². The van der Waals surface area contributed by atoms with Gasteiger partial charge in [0, 0.05) is 15.7 Å². The first-order chi connectivity index (χ1) is 9.38. The monoisotopic (exact) mass is 393 g/mol. The lowest BCUT2D eigenvalue weighted by atomic mass is 10.2. The maximum Gasteiger partial charge on any atom is 0.259 e. The summed E-state index contributed by atoms with van der Waals surface area (Å²) in [7, 11) is 0. The quantitative estimate of drug-likeness (QED) is 0.605. The van der Waals surface area contributed by atoms with Gasteiger partial charge in [0.1, 0.15) is 11.6 Å². The van der Waals surface area contributed by atoms with Crippen LogP contribution in [-0.4, -0.2) is 11.0 Å². The highest BCUT2D eigenvalue weighted by atomic mass is 127. The van der Waals surface area contributed by atoms with Crippen molar-refractivity contribution in [2.75, 3.05) is 5.32 Å². The third-order valence-electron chi connectivity index (χ3n) is 2.44. The molecule has 0 aliphatic carbocycles. The zero-order valence-corrected chi connectivity index (χ0v) is 11.9. The molecule has 0 radical (unpaired) electrons. The molecule has 2 rings (SSSR count). The molecule has 0 aromatic heterocycles. The first-order valence-corrected chi connectivity index (χ1v) is 6.41. The fourth-order valence-corrected chi connectivity index (χ4v) is 2.02. The molecule has 3 nitrogen and oxygen atoms in total. The second-order valence-electron chi connectivity index (χ2n) is 3.86. The largest absolute Gasteiger partial charge is 0.507 e. The van der Waals surface area contributed by atoms with E-state index < -0.39 is 29.0 Å². The number of amides is 1. The van der Waals surface area contributed by atoms with E-state index in [2.05, 4.69) is 0 Å². The van der Waals surface area contributed by atoms with E-state index >= 15 is 0 Å². The van der Waals surface area contributed by atoms with Crippen LogP contribution in [0, 0.1) is 21.0 Å². The molecule has 0 saturated carbocycles. The standard InChI is InChI=1S/C13H7F3INO2/c14-6-3-9(15)12(16)10(4-6)18-13(20)8-5-7(17)1-2-11(8)19/h1-5,19H,(H,18,20). The van der Waals surface area contributed by atoms with Gasteiger partial charge >= 0.3 is 0 Å². The van der Waals surface area contributed by atoms with Crippen molar-refractivity contribution in [1.82, 2.24) is 0 Å². The average Bonchev–Trinajstić information content (AvgIpc) is 2.38. The zero-order valence-electron chi connectivity index (χ0n) is 9.75. The summed E-state index contributed by atoms with van der Waals surface area (Å²) < 4.78 is 40.1. The number of anilines is 1. The molecule has 0 fully saturated rings. The molecule has 0 spiro atoms. The summed E-state index contributed by atoms with van der Waals surface area (Å²) >= 11 is 1.92. The van der Waals surface area contributed by atoms with Crippen LogP contribution in [0.25, 0.3) is 0 Å². The summed E-state index contributed by atoms with van der Waals surface area (Å²) in [5.74, 6) is -4.99. The van der Waals surface area contributed by atoms with Gasteiger partial charge in [-0.1, -0.05) is 0 Å². The van der Waals surface area contributed by atoms with Crippen molar-refractivity contribution in [2.45, 2.75) is 0 Å². The Morgan fingerprint density at radius 3 is 2.55 bits per heavy atom. The SMILES string of the molecule is O=C(Nc1cc(F)cc(F)c1F)c1cc(I)ccc1O. The van der Waals surface area contributed by atoms with Crippen LogP contribution >= 0.6 is 22.6 Å². The molecule has 0 atom stereocenters. The second kappa shape index (κ2) is 5.70. The van der Waals surface area contributed by atoms with Crippen molar-refractivity contribution in [3.05, 3.63) is 56.9 Å². The molecule has 0 unspecified atom stereocenters. The van der Waals surface area contributed by atoms with Gasteiger partial charge in [-0.15, -0.1) is 0 Å². The number of rotatable bonds is 2. The molecule has 0 aliphatic heterocycles. The highest BCUT2D eigenvalue weighted by molar-refractivity contribution is 14.1. The Hall–Kier alpha value is -1.77. The summed E-state index contributed by atoms with van der Waals surface area (Å²) in [6, 6.07) is 5.24. The van der Waals surface area contributed by atoms with E-state index in [0.717, 1.165) is 0 Å². The maximum absolute atomic E-state index is 13.4. The molecular formula is C13H7F3INO2. The Morgan fingerprint density at radius 1 is 1.15 bits per heavy atom. The third kappa shape index (κ3) is 3.03.